The lowest BCUT2D eigenvalue weighted by atomic mass is 9.71. The molecule has 0 aromatic carbocycles. The fraction of sp³-hybridized carbons (Fsp3) is 0.667. The third-order valence-electron chi connectivity index (χ3n) is 3.54. The maximum absolute atomic E-state index is 11.7. The molecule has 0 saturated heterocycles. The van der Waals surface area contributed by atoms with Crippen LogP contribution < -0.4 is 0 Å². The molecule has 0 aromatic rings. The summed E-state index contributed by atoms with van der Waals surface area (Å²) in [6.45, 7) is 7.90. The summed E-state index contributed by atoms with van der Waals surface area (Å²) in [6.07, 6.45) is 7.51. The van der Waals surface area contributed by atoms with Crippen LogP contribution in [0.15, 0.2) is 23.3 Å². The molecule has 0 bridgehead atoms. The van der Waals surface area contributed by atoms with Gasteiger partial charge in [0.2, 0.25) is 0 Å². The Kier molecular flexibility index (Phi) is 3.15. The van der Waals surface area contributed by atoms with Crippen LogP contribution in [0, 0.1) is 11.8 Å². The van der Waals surface area contributed by atoms with E-state index in [9.17, 15) is 4.79 Å². The van der Waals surface area contributed by atoms with E-state index >= 15 is 0 Å². The summed E-state index contributed by atoms with van der Waals surface area (Å²) in [7, 11) is 0. The molecule has 2 aliphatic rings. The summed E-state index contributed by atoms with van der Waals surface area (Å²) < 4.78 is 5.31. The molecule has 2 heteroatoms. The van der Waals surface area contributed by atoms with Crippen LogP contribution in [0.25, 0.3) is 0 Å². The van der Waals surface area contributed by atoms with Crippen LogP contribution in [0.1, 0.15) is 47.0 Å². The van der Waals surface area contributed by atoms with Gasteiger partial charge in [0.1, 0.15) is 5.60 Å². The largest absolute Gasteiger partial charge is 0.457 e. The molecule has 0 spiro atoms. The average Bonchev–Trinajstić information content (AvgIpc) is 2.49. The molecule has 0 N–H and O–H groups in total. The van der Waals surface area contributed by atoms with Crippen molar-refractivity contribution in [1.82, 2.24) is 0 Å². The van der Waals surface area contributed by atoms with Gasteiger partial charge >= 0.3 is 5.97 Å². The molecule has 2 nitrogen and oxygen atoms in total. The Morgan fingerprint density at radius 3 is 2.76 bits per heavy atom. The summed E-state index contributed by atoms with van der Waals surface area (Å²) in [5.74, 6) is 1.10. The second-order valence-electron chi connectivity index (χ2n) is 6.13. The highest BCUT2D eigenvalue weighted by Crippen LogP contribution is 2.50. The number of ether oxygens (including phenoxy) is 1. The van der Waals surface area contributed by atoms with Crippen molar-refractivity contribution in [2.75, 3.05) is 0 Å². The van der Waals surface area contributed by atoms with Crippen molar-refractivity contribution >= 4 is 5.97 Å². The number of hydrogen-bond acceptors (Lipinski definition) is 2. The van der Waals surface area contributed by atoms with Crippen LogP contribution in [0.5, 0.6) is 0 Å². The van der Waals surface area contributed by atoms with Crippen LogP contribution in [0.4, 0.5) is 0 Å². The zero-order valence-electron chi connectivity index (χ0n) is 11.2. The average molecular weight is 234 g/mol. The maximum Gasteiger partial charge on any atom is 0.331 e. The predicted molar refractivity (Wildman–Crippen MR) is 68.5 cm³/mol. The number of allylic oxidation sites excluding steroid dienone is 3. The quantitative estimate of drug-likeness (QED) is 0.414. The highest BCUT2D eigenvalue weighted by Gasteiger charge is 2.39. The van der Waals surface area contributed by atoms with Gasteiger partial charge in [-0.3, -0.25) is 0 Å². The van der Waals surface area contributed by atoms with Gasteiger partial charge in [0.25, 0.3) is 0 Å². The van der Waals surface area contributed by atoms with E-state index in [1.807, 2.05) is 20.8 Å². The van der Waals surface area contributed by atoms with Gasteiger partial charge in [0, 0.05) is 12.0 Å². The smallest absolute Gasteiger partial charge is 0.331 e. The molecule has 0 unspecified atom stereocenters. The topological polar surface area (TPSA) is 26.3 Å². The molecule has 0 aliphatic heterocycles. The Morgan fingerprint density at radius 1 is 1.47 bits per heavy atom. The minimum Gasteiger partial charge on any atom is -0.457 e. The number of carbonyl (C=O) groups is 1. The third-order valence-corrected chi connectivity index (χ3v) is 3.54. The maximum atomic E-state index is 11.7. The van der Waals surface area contributed by atoms with Crippen molar-refractivity contribution < 1.29 is 9.53 Å². The molecule has 0 amide bonds. The second kappa shape index (κ2) is 4.32. The first-order valence-corrected chi connectivity index (χ1v) is 6.52. The van der Waals surface area contributed by atoms with Gasteiger partial charge in [0.15, 0.2) is 0 Å². The molecule has 1 fully saturated rings. The van der Waals surface area contributed by atoms with Crippen molar-refractivity contribution in [2.45, 2.75) is 52.6 Å². The second-order valence-corrected chi connectivity index (χ2v) is 6.13. The van der Waals surface area contributed by atoms with Crippen LogP contribution in [0.2, 0.25) is 0 Å². The van der Waals surface area contributed by atoms with Gasteiger partial charge in [0.05, 0.1) is 0 Å². The normalized spacial score (nSPS) is 29.6. The van der Waals surface area contributed by atoms with Crippen molar-refractivity contribution in [3.05, 3.63) is 23.3 Å². The number of rotatable bonds is 2. The third kappa shape index (κ3) is 2.80. The molecule has 2 rings (SSSR count). The SMILES string of the molecule is CCC1=C[C@H]2C(=CC(=O)OC(C)(C)C)C[C@H]2C1. The van der Waals surface area contributed by atoms with Gasteiger partial charge in [-0.25, -0.2) is 4.79 Å². The molecule has 0 heterocycles. The van der Waals surface area contributed by atoms with E-state index in [1.165, 1.54) is 12.0 Å². The lowest BCUT2D eigenvalue weighted by molar-refractivity contribution is -0.148. The first kappa shape index (κ1) is 12.4. The fourth-order valence-corrected chi connectivity index (χ4v) is 2.71. The highest BCUT2D eigenvalue weighted by atomic mass is 16.6. The molecular formula is C15H22O2. The van der Waals surface area contributed by atoms with Crippen LogP contribution in [-0.4, -0.2) is 11.6 Å². The van der Waals surface area contributed by atoms with Gasteiger partial charge in [-0.15, -0.1) is 0 Å². The van der Waals surface area contributed by atoms with E-state index in [2.05, 4.69) is 13.0 Å². The lowest BCUT2D eigenvalue weighted by Crippen LogP contribution is -2.27. The van der Waals surface area contributed by atoms with Crippen molar-refractivity contribution in [1.29, 1.82) is 0 Å². The van der Waals surface area contributed by atoms with Crippen LogP contribution in [-0.2, 0) is 9.53 Å². The van der Waals surface area contributed by atoms with Gasteiger partial charge in [-0.05, 0) is 46.0 Å². The van der Waals surface area contributed by atoms with E-state index in [0.717, 1.165) is 18.8 Å². The first-order valence-electron chi connectivity index (χ1n) is 6.52. The zero-order chi connectivity index (χ0) is 12.6. The minimum atomic E-state index is -0.391. The predicted octanol–water partition coefficient (Wildman–Crippen LogP) is 3.63. The summed E-state index contributed by atoms with van der Waals surface area (Å²) >= 11 is 0. The van der Waals surface area contributed by atoms with Crippen molar-refractivity contribution in [2.24, 2.45) is 11.8 Å². The summed E-state index contributed by atoms with van der Waals surface area (Å²) in [5, 5.41) is 0. The van der Waals surface area contributed by atoms with Gasteiger partial charge in [-0.2, -0.15) is 0 Å². The van der Waals surface area contributed by atoms with Crippen molar-refractivity contribution in [3.8, 4) is 0 Å². The number of esters is 1. The first-order chi connectivity index (χ1) is 7.89. The fourth-order valence-electron chi connectivity index (χ4n) is 2.71. The Morgan fingerprint density at radius 2 is 2.18 bits per heavy atom. The molecular weight excluding hydrogens is 212 g/mol. The Balaban J connectivity index is 1.97. The Labute approximate surface area is 104 Å². The summed E-state index contributed by atoms with van der Waals surface area (Å²) in [6, 6.07) is 0. The van der Waals surface area contributed by atoms with Crippen LogP contribution in [0.3, 0.4) is 0 Å². The molecule has 0 aromatic heterocycles. The minimum absolute atomic E-state index is 0.190. The molecule has 0 radical (unpaired) electrons. The van der Waals surface area contributed by atoms with E-state index in [4.69, 9.17) is 4.74 Å². The lowest BCUT2D eigenvalue weighted by Gasteiger charge is -2.33. The highest BCUT2D eigenvalue weighted by molar-refractivity contribution is 5.83. The number of fused-ring (bicyclic) bond motifs is 1. The Hall–Kier alpha value is -1.05. The zero-order valence-corrected chi connectivity index (χ0v) is 11.2. The summed E-state index contributed by atoms with van der Waals surface area (Å²) in [5.41, 5.74) is 2.41. The number of carbonyl (C=O) groups excluding carboxylic acids is 1. The monoisotopic (exact) mass is 234 g/mol. The van der Waals surface area contributed by atoms with Crippen molar-refractivity contribution in [3.63, 3.8) is 0 Å². The van der Waals surface area contributed by atoms with E-state index in [-0.39, 0.29) is 5.97 Å². The molecule has 94 valence electrons. The number of hydrogen-bond donors (Lipinski definition) is 0. The van der Waals surface area contributed by atoms with E-state index < -0.39 is 5.60 Å². The molecule has 1 saturated carbocycles. The molecule has 17 heavy (non-hydrogen) atoms. The van der Waals surface area contributed by atoms with E-state index in [1.54, 1.807) is 11.6 Å². The van der Waals surface area contributed by atoms with Gasteiger partial charge < -0.3 is 4.74 Å². The van der Waals surface area contributed by atoms with Crippen LogP contribution >= 0.6 is 0 Å². The van der Waals surface area contributed by atoms with Gasteiger partial charge in [-0.1, -0.05) is 24.1 Å². The molecule has 2 atom stereocenters. The standard InChI is InChI=1S/C15H22O2/c1-5-10-6-11-8-12(13(11)7-10)9-14(16)17-15(2,3)4/h7,9,11,13H,5-6,8H2,1-4H3/t11-,13-/m1/s1. The van der Waals surface area contributed by atoms with E-state index in [0.29, 0.717) is 5.92 Å². The summed E-state index contributed by atoms with van der Waals surface area (Å²) in [4.78, 5) is 11.7. The Bertz CT molecular complexity index is 382. The molecule has 2 aliphatic carbocycles.